The predicted octanol–water partition coefficient (Wildman–Crippen LogP) is 1.62. The van der Waals surface area contributed by atoms with Crippen LogP contribution in [0.25, 0.3) is 0 Å². The zero-order valence-electron chi connectivity index (χ0n) is 6.20. The van der Waals surface area contributed by atoms with E-state index in [1.807, 2.05) is 0 Å². The van der Waals surface area contributed by atoms with E-state index in [0.717, 1.165) is 10.6 Å². The van der Waals surface area contributed by atoms with Crippen LogP contribution in [-0.4, -0.2) is 15.4 Å². The molecule has 4 heteroatoms. The quantitative estimate of drug-likeness (QED) is 0.630. The van der Waals surface area contributed by atoms with E-state index in [0.29, 0.717) is 5.92 Å². The summed E-state index contributed by atoms with van der Waals surface area (Å²) in [5.74, 6) is 0.634. The minimum Gasteiger partial charge on any atom is -0.293 e. The summed E-state index contributed by atoms with van der Waals surface area (Å²) in [6.07, 6.45) is 2.34. The molecule has 11 heavy (non-hydrogen) atoms. The second kappa shape index (κ2) is 2.37. The van der Waals surface area contributed by atoms with Crippen LogP contribution >= 0.6 is 11.5 Å². The number of hydrogen-bond donors (Lipinski definition) is 0. The van der Waals surface area contributed by atoms with Gasteiger partial charge in [-0.25, -0.2) is 0 Å². The molecule has 0 atom stereocenters. The van der Waals surface area contributed by atoms with Crippen LogP contribution in [0.4, 0.5) is 0 Å². The van der Waals surface area contributed by atoms with E-state index in [4.69, 9.17) is 0 Å². The SMILES string of the molecule is CC(=O)c1snnc1C1CC1. The van der Waals surface area contributed by atoms with Gasteiger partial charge in [-0.3, -0.25) is 4.79 Å². The lowest BCUT2D eigenvalue weighted by atomic mass is 10.2. The minimum atomic E-state index is 0.0990. The van der Waals surface area contributed by atoms with Crippen LogP contribution in [0.5, 0.6) is 0 Å². The summed E-state index contributed by atoms with van der Waals surface area (Å²) in [6.45, 7) is 1.57. The first-order valence-corrected chi connectivity index (χ1v) is 4.39. The molecule has 0 amide bonds. The van der Waals surface area contributed by atoms with Crippen LogP contribution in [0.2, 0.25) is 0 Å². The fraction of sp³-hybridized carbons (Fsp3) is 0.571. The molecule has 0 aliphatic heterocycles. The molecule has 1 fully saturated rings. The maximum Gasteiger partial charge on any atom is 0.173 e. The standard InChI is InChI=1S/C7H8N2OS/c1-4(10)7-6(5-2-3-5)8-9-11-7/h5H,2-3H2,1H3. The third-order valence-electron chi connectivity index (χ3n) is 1.80. The summed E-state index contributed by atoms with van der Waals surface area (Å²) in [5, 5.41) is 3.95. The van der Waals surface area contributed by atoms with Gasteiger partial charge in [-0.15, -0.1) is 5.10 Å². The minimum absolute atomic E-state index is 0.0990. The van der Waals surface area contributed by atoms with Crippen molar-refractivity contribution in [2.45, 2.75) is 25.7 Å². The second-order valence-corrected chi connectivity index (χ2v) is 3.57. The Kier molecular flexibility index (Phi) is 1.49. The highest BCUT2D eigenvalue weighted by Crippen LogP contribution is 2.41. The summed E-state index contributed by atoms with van der Waals surface area (Å²) in [5.41, 5.74) is 0.933. The first kappa shape index (κ1) is 6.91. The molecule has 0 aromatic carbocycles. The van der Waals surface area contributed by atoms with E-state index in [2.05, 4.69) is 9.59 Å². The first-order valence-electron chi connectivity index (χ1n) is 3.62. The van der Waals surface area contributed by atoms with Crippen molar-refractivity contribution in [3.63, 3.8) is 0 Å². The lowest BCUT2D eigenvalue weighted by molar-refractivity contribution is 0.102. The fourth-order valence-electron chi connectivity index (χ4n) is 1.07. The van der Waals surface area contributed by atoms with E-state index in [1.165, 1.54) is 24.4 Å². The fourth-order valence-corrected chi connectivity index (χ4v) is 1.71. The van der Waals surface area contributed by atoms with E-state index in [1.54, 1.807) is 6.92 Å². The largest absolute Gasteiger partial charge is 0.293 e. The number of rotatable bonds is 2. The van der Waals surface area contributed by atoms with Gasteiger partial charge in [-0.05, 0) is 24.4 Å². The molecule has 0 spiro atoms. The highest BCUT2D eigenvalue weighted by atomic mass is 32.1. The molecule has 1 aromatic rings. The summed E-state index contributed by atoms with van der Waals surface area (Å²) in [7, 11) is 0. The first-order chi connectivity index (χ1) is 5.29. The van der Waals surface area contributed by atoms with E-state index in [-0.39, 0.29) is 5.78 Å². The predicted molar refractivity (Wildman–Crippen MR) is 41.9 cm³/mol. The van der Waals surface area contributed by atoms with Crippen LogP contribution in [0, 0.1) is 0 Å². The van der Waals surface area contributed by atoms with Crippen LogP contribution in [0.3, 0.4) is 0 Å². The molecule has 1 aliphatic rings. The van der Waals surface area contributed by atoms with Gasteiger partial charge in [0, 0.05) is 12.8 Å². The van der Waals surface area contributed by atoms with Crippen LogP contribution in [-0.2, 0) is 0 Å². The Morgan fingerprint density at radius 3 is 2.91 bits per heavy atom. The van der Waals surface area contributed by atoms with Gasteiger partial charge in [-0.2, -0.15) is 0 Å². The van der Waals surface area contributed by atoms with E-state index < -0.39 is 0 Å². The number of carbonyl (C=O) groups is 1. The maximum atomic E-state index is 11.0. The highest BCUT2D eigenvalue weighted by molar-refractivity contribution is 7.08. The molecule has 3 nitrogen and oxygen atoms in total. The Morgan fingerprint density at radius 1 is 1.64 bits per heavy atom. The average Bonchev–Trinajstić information content (AvgIpc) is 2.68. The van der Waals surface area contributed by atoms with Gasteiger partial charge < -0.3 is 0 Å². The average molecular weight is 168 g/mol. The van der Waals surface area contributed by atoms with Crippen molar-refractivity contribution >= 4 is 17.3 Å². The van der Waals surface area contributed by atoms with Crippen LogP contribution in [0.15, 0.2) is 0 Å². The smallest absolute Gasteiger partial charge is 0.173 e. The van der Waals surface area contributed by atoms with E-state index >= 15 is 0 Å². The number of nitrogens with zero attached hydrogens (tertiary/aromatic N) is 2. The molecule has 2 rings (SSSR count). The van der Waals surface area contributed by atoms with Crippen LogP contribution in [0.1, 0.15) is 41.0 Å². The monoisotopic (exact) mass is 168 g/mol. The van der Waals surface area contributed by atoms with Crippen molar-refractivity contribution < 1.29 is 4.79 Å². The number of carbonyl (C=O) groups excluding carboxylic acids is 1. The Hall–Kier alpha value is -0.770. The summed E-state index contributed by atoms with van der Waals surface area (Å²) < 4.78 is 3.78. The molecule has 1 saturated carbocycles. The molecule has 1 aromatic heterocycles. The normalized spacial score (nSPS) is 16.8. The molecule has 58 valence electrons. The van der Waals surface area contributed by atoms with Crippen molar-refractivity contribution in [3.05, 3.63) is 10.6 Å². The third kappa shape index (κ3) is 1.18. The van der Waals surface area contributed by atoms with Gasteiger partial charge in [0.25, 0.3) is 0 Å². The zero-order valence-corrected chi connectivity index (χ0v) is 7.02. The van der Waals surface area contributed by atoms with Gasteiger partial charge >= 0.3 is 0 Å². The molecular weight excluding hydrogens is 160 g/mol. The zero-order chi connectivity index (χ0) is 7.84. The molecule has 0 radical (unpaired) electrons. The van der Waals surface area contributed by atoms with Gasteiger partial charge in [0.15, 0.2) is 5.78 Å². The topological polar surface area (TPSA) is 42.9 Å². The Morgan fingerprint density at radius 2 is 2.36 bits per heavy atom. The Bertz CT molecular complexity index is 290. The highest BCUT2D eigenvalue weighted by Gasteiger charge is 2.30. The van der Waals surface area contributed by atoms with Crippen LogP contribution < -0.4 is 0 Å². The second-order valence-electron chi connectivity index (χ2n) is 2.82. The molecule has 0 unspecified atom stereocenters. The van der Waals surface area contributed by atoms with Crippen molar-refractivity contribution in [2.75, 3.05) is 0 Å². The molecule has 0 bridgehead atoms. The number of Topliss-reactive ketones (excluding diaryl/α,β-unsaturated/α-hetero) is 1. The number of aromatic nitrogens is 2. The lowest BCUT2D eigenvalue weighted by Crippen LogP contribution is -1.93. The van der Waals surface area contributed by atoms with Crippen molar-refractivity contribution in [1.82, 2.24) is 9.59 Å². The molecule has 1 aliphatic carbocycles. The maximum absolute atomic E-state index is 11.0. The van der Waals surface area contributed by atoms with E-state index in [9.17, 15) is 4.79 Å². The molecular formula is C7H8N2OS. The molecule has 0 N–H and O–H groups in total. The summed E-state index contributed by atoms with van der Waals surface area (Å²) in [4.78, 5) is 11.7. The van der Waals surface area contributed by atoms with Gasteiger partial charge in [0.05, 0.1) is 5.69 Å². The van der Waals surface area contributed by atoms with Crippen molar-refractivity contribution in [3.8, 4) is 0 Å². The van der Waals surface area contributed by atoms with Crippen molar-refractivity contribution in [2.24, 2.45) is 0 Å². The van der Waals surface area contributed by atoms with Crippen molar-refractivity contribution in [1.29, 1.82) is 0 Å². The summed E-state index contributed by atoms with van der Waals surface area (Å²) >= 11 is 1.22. The third-order valence-corrected chi connectivity index (χ3v) is 2.64. The lowest BCUT2D eigenvalue weighted by Gasteiger charge is -1.90. The molecule has 0 saturated heterocycles. The van der Waals surface area contributed by atoms with Gasteiger partial charge in [0.1, 0.15) is 4.88 Å². The number of hydrogen-bond acceptors (Lipinski definition) is 4. The Balaban J connectivity index is 2.37. The van der Waals surface area contributed by atoms with Gasteiger partial charge in [0.2, 0.25) is 0 Å². The Labute approximate surface area is 68.6 Å². The molecule has 1 heterocycles. The number of ketones is 1. The summed E-state index contributed by atoms with van der Waals surface area (Å²) in [6, 6.07) is 0. The van der Waals surface area contributed by atoms with Gasteiger partial charge in [-0.1, -0.05) is 4.49 Å².